The third kappa shape index (κ3) is 4.85. The molecule has 234 valence electrons. The van der Waals surface area contributed by atoms with Crippen molar-refractivity contribution >= 4 is 35.2 Å². The lowest BCUT2D eigenvalue weighted by Crippen LogP contribution is -2.67. The third-order valence-corrected chi connectivity index (χ3v) is 10.3. The van der Waals surface area contributed by atoms with Crippen molar-refractivity contribution in [2.75, 3.05) is 18.7 Å². The van der Waals surface area contributed by atoms with Gasteiger partial charge >= 0.3 is 17.9 Å². The van der Waals surface area contributed by atoms with Crippen LogP contribution in [0.3, 0.4) is 0 Å². The second-order valence-electron chi connectivity index (χ2n) is 12.4. The van der Waals surface area contributed by atoms with E-state index in [9.17, 15) is 29.7 Å². The van der Waals surface area contributed by atoms with Crippen molar-refractivity contribution in [3.8, 4) is 0 Å². The molecule has 43 heavy (non-hydrogen) atoms. The highest BCUT2D eigenvalue weighted by molar-refractivity contribution is 6.33. The van der Waals surface area contributed by atoms with Crippen molar-refractivity contribution in [3.63, 3.8) is 0 Å². The molecule has 11 nitrogen and oxygen atoms in total. The van der Waals surface area contributed by atoms with Crippen LogP contribution in [-0.2, 0) is 34.3 Å². The molecule has 5 rings (SSSR count). The molecule has 0 spiro atoms. The van der Waals surface area contributed by atoms with Gasteiger partial charge in [0.15, 0.2) is 12.8 Å². The zero-order valence-electron chi connectivity index (χ0n) is 24.9. The quantitative estimate of drug-likeness (QED) is 0.275. The summed E-state index contributed by atoms with van der Waals surface area (Å²) in [7, 11) is 1.60. The van der Waals surface area contributed by atoms with Gasteiger partial charge in [-0.25, -0.2) is 4.79 Å². The first-order valence-electron chi connectivity index (χ1n) is 14.4. The molecule has 1 aromatic carbocycles. The van der Waals surface area contributed by atoms with Gasteiger partial charge in [-0.1, -0.05) is 48.9 Å². The SMILES string of the molecule is C=C(C)[C@@H]1CC[C@@H](C)[C@]2(O)[C@@H]([C@H]3[C@@H](C(=O)O)N[C@@H]4ON(C)c5c(Cl)cccc5[C@]34O)C(OC(=O)COC(C)=O)C(C)=C[C@@H]12. The summed E-state index contributed by atoms with van der Waals surface area (Å²) in [6.07, 6.45) is 0.806. The summed E-state index contributed by atoms with van der Waals surface area (Å²) < 4.78 is 10.8. The van der Waals surface area contributed by atoms with Crippen molar-refractivity contribution in [1.29, 1.82) is 0 Å². The number of allylic oxidation sites excluding steroid dienone is 1. The first kappa shape index (κ1) is 31.5. The Hall–Kier alpha value is -2.96. The number of nitrogens with zero attached hydrogens (tertiary/aromatic N) is 1. The lowest BCUT2D eigenvalue weighted by atomic mass is 9.49. The Morgan fingerprint density at radius 1 is 1.21 bits per heavy atom. The van der Waals surface area contributed by atoms with Crippen molar-refractivity contribution < 1.29 is 44.0 Å². The molecule has 0 radical (unpaired) electrons. The van der Waals surface area contributed by atoms with E-state index in [0.717, 1.165) is 18.9 Å². The molecule has 1 saturated heterocycles. The number of rotatable bonds is 6. The molecule has 2 aliphatic carbocycles. The van der Waals surface area contributed by atoms with Crippen molar-refractivity contribution in [3.05, 3.63) is 52.6 Å². The molecule has 2 aliphatic heterocycles. The molecule has 4 aliphatic rings. The average Bonchev–Trinajstić information content (AvgIpc) is 3.22. The molecule has 1 aromatic rings. The van der Waals surface area contributed by atoms with Crippen LogP contribution in [0.2, 0.25) is 5.02 Å². The number of halogens is 1. The van der Waals surface area contributed by atoms with Gasteiger partial charge in [0.1, 0.15) is 17.7 Å². The summed E-state index contributed by atoms with van der Waals surface area (Å²) in [4.78, 5) is 43.5. The molecule has 0 aromatic heterocycles. The Morgan fingerprint density at radius 2 is 1.91 bits per heavy atom. The van der Waals surface area contributed by atoms with Gasteiger partial charge in [-0.3, -0.25) is 24.8 Å². The maximum Gasteiger partial charge on any atom is 0.344 e. The predicted molar refractivity (Wildman–Crippen MR) is 156 cm³/mol. The Morgan fingerprint density at radius 3 is 2.53 bits per heavy atom. The van der Waals surface area contributed by atoms with E-state index in [0.29, 0.717) is 23.2 Å². The van der Waals surface area contributed by atoms with E-state index in [-0.39, 0.29) is 16.9 Å². The summed E-state index contributed by atoms with van der Waals surface area (Å²) in [6.45, 7) is 10.2. The van der Waals surface area contributed by atoms with Gasteiger partial charge in [-0.05, 0) is 50.2 Å². The van der Waals surface area contributed by atoms with Gasteiger partial charge in [-0.15, -0.1) is 0 Å². The molecule has 4 N–H and O–H groups in total. The lowest BCUT2D eigenvalue weighted by molar-refractivity contribution is -0.224. The third-order valence-electron chi connectivity index (χ3n) is 9.95. The summed E-state index contributed by atoms with van der Waals surface area (Å²) in [5, 5.41) is 41.0. The van der Waals surface area contributed by atoms with Gasteiger partial charge in [0.2, 0.25) is 0 Å². The summed E-state index contributed by atoms with van der Waals surface area (Å²) in [5.74, 6) is -6.30. The Labute approximate surface area is 255 Å². The number of hydrogen-bond donors (Lipinski definition) is 4. The number of hydroxylamine groups is 1. The number of carbonyl (C=O) groups excluding carboxylic acids is 2. The molecule has 1 unspecified atom stereocenters. The van der Waals surface area contributed by atoms with Crippen LogP contribution < -0.4 is 10.4 Å². The van der Waals surface area contributed by atoms with Gasteiger partial charge in [0.25, 0.3) is 0 Å². The number of esters is 2. The fraction of sp³-hybridized carbons (Fsp3) is 0.581. The number of hydrogen-bond acceptors (Lipinski definition) is 10. The summed E-state index contributed by atoms with van der Waals surface area (Å²) in [6, 6.07) is 3.51. The molecular formula is C31H39ClN2O9. The number of fused-ring (bicyclic) bond motifs is 4. The average molecular weight is 619 g/mol. The minimum absolute atomic E-state index is 0.144. The zero-order chi connectivity index (χ0) is 31.6. The zero-order valence-corrected chi connectivity index (χ0v) is 25.6. The second kappa shape index (κ2) is 11.2. The fourth-order valence-electron chi connectivity index (χ4n) is 8.06. The maximum absolute atomic E-state index is 13.0. The van der Waals surface area contributed by atoms with E-state index in [1.54, 1.807) is 32.2 Å². The predicted octanol–water partition coefficient (Wildman–Crippen LogP) is 2.93. The molecule has 10 atom stereocenters. The number of aliphatic carboxylic acids is 1. The number of nitrogens with one attached hydrogen (secondary N) is 1. The van der Waals surface area contributed by atoms with Crippen LogP contribution in [0.15, 0.2) is 42.0 Å². The van der Waals surface area contributed by atoms with Crippen LogP contribution in [0, 0.1) is 29.6 Å². The summed E-state index contributed by atoms with van der Waals surface area (Å²) in [5.41, 5.74) is -1.58. The maximum atomic E-state index is 13.0. The molecule has 1 saturated carbocycles. The Kier molecular flexibility index (Phi) is 8.19. The van der Waals surface area contributed by atoms with Crippen molar-refractivity contribution in [1.82, 2.24) is 5.32 Å². The minimum atomic E-state index is -2.03. The van der Waals surface area contributed by atoms with Crippen LogP contribution in [0.5, 0.6) is 0 Å². The molecule has 0 amide bonds. The van der Waals surface area contributed by atoms with Crippen LogP contribution in [-0.4, -0.2) is 70.9 Å². The second-order valence-corrected chi connectivity index (χ2v) is 12.8. The highest BCUT2D eigenvalue weighted by Crippen LogP contribution is 2.61. The van der Waals surface area contributed by atoms with E-state index >= 15 is 0 Å². The monoisotopic (exact) mass is 618 g/mol. The normalized spacial score (nSPS) is 38.2. The van der Waals surface area contributed by atoms with E-state index in [4.69, 9.17) is 25.9 Å². The number of benzene rings is 1. The minimum Gasteiger partial charge on any atom is -0.480 e. The van der Waals surface area contributed by atoms with E-state index in [1.807, 2.05) is 19.9 Å². The number of aliphatic hydroxyl groups is 2. The van der Waals surface area contributed by atoms with Gasteiger partial charge < -0.3 is 24.8 Å². The highest BCUT2D eigenvalue weighted by Gasteiger charge is 2.71. The molecular weight excluding hydrogens is 580 g/mol. The number of ether oxygens (including phenoxy) is 2. The van der Waals surface area contributed by atoms with Crippen LogP contribution in [0.1, 0.15) is 46.1 Å². The first-order valence-corrected chi connectivity index (χ1v) is 14.8. The smallest absolute Gasteiger partial charge is 0.344 e. The topological polar surface area (TPSA) is 155 Å². The molecule has 2 heterocycles. The molecule has 2 fully saturated rings. The number of carbonyl (C=O) groups is 3. The number of anilines is 1. The fourth-order valence-corrected chi connectivity index (χ4v) is 8.35. The van der Waals surface area contributed by atoms with Crippen molar-refractivity contribution in [2.45, 2.75) is 70.1 Å². The first-order chi connectivity index (χ1) is 20.1. The van der Waals surface area contributed by atoms with Crippen LogP contribution in [0.25, 0.3) is 0 Å². The number of para-hydroxylation sites is 1. The van der Waals surface area contributed by atoms with E-state index in [2.05, 4.69) is 11.9 Å². The van der Waals surface area contributed by atoms with E-state index < -0.39 is 71.8 Å². The van der Waals surface area contributed by atoms with Gasteiger partial charge in [-0.2, -0.15) is 0 Å². The van der Waals surface area contributed by atoms with Crippen LogP contribution in [0.4, 0.5) is 5.69 Å². The number of carboxylic acid groups (broad SMARTS) is 1. The molecule has 12 heteroatoms. The lowest BCUT2D eigenvalue weighted by Gasteiger charge is -2.59. The van der Waals surface area contributed by atoms with Crippen molar-refractivity contribution in [2.24, 2.45) is 29.6 Å². The number of carboxylic acids is 1. The Bertz CT molecular complexity index is 1380. The van der Waals surface area contributed by atoms with E-state index in [1.165, 1.54) is 5.06 Å². The standard InChI is InChI=1S/C31H39ClN2O9/c1-14(2)18-11-10-16(4)30(39)20(18)12-15(3)27(42-22(36)13-41-17(5)35)24(30)23-25(28(37)38)33-29-31(23,40)19-8-7-9-21(32)26(19)34(6)43-29/h7-9,12,16,18,20,23-25,27,29,33,39-40H,1,10-11,13H2,2-6H3,(H,37,38)/t16-,18+,20+,23+,24+,25+,27?,29-,30-,31+/m1/s1. The van der Waals surface area contributed by atoms with Gasteiger partial charge in [0.05, 0.1) is 16.3 Å². The van der Waals surface area contributed by atoms with Gasteiger partial charge in [0, 0.05) is 37.3 Å². The largest absolute Gasteiger partial charge is 0.480 e. The molecule has 0 bridgehead atoms. The highest BCUT2D eigenvalue weighted by atomic mass is 35.5. The van der Waals surface area contributed by atoms with Crippen LogP contribution >= 0.6 is 11.6 Å². The Balaban J connectivity index is 1.75. The summed E-state index contributed by atoms with van der Waals surface area (Å²) >= 11 is 6.57.